The second-order valence-corrected chi connectivity index (χ2v) is 5.45. The Bertz CT molecular complexity index is 443. The molecule has 0 saturated heterocycles. The van der Waals surface area contributed by atoms with E-state index in [2.05, 4.69) is 44.2 Å². The summed E-state index contributed by atoms with van der Waals surface area (Å²) in [5.74, 6) is 0.420. The highest BCUT2D eigenvalue weighted by molar-refractivity contribution is 5.69. The molecule has 0 aliphatic carbocycles. The van der Waals surface area contributed by atoms with Gasteiger partial charge in [-0.15, -0.1) is 0 Å². The maximum absolute atomic E-state index is 11.1. The standard InChI is InChI=1S/C18H26O2/c1-5-18(19)20-13-15(3)7-6-8-16(4)17-11-9-14(2)10-12-17/h7,9-12,16H,5-6,8,13H2,1-4H3/b15-7+/t16-/m0/s1. The average molecular weight is 274 g/mol. The van der Waals surface area contributed by atoms with Gasteiger partial charge >= 0.3 is 5.97 Å². The molecular formula is C18H26O2. The Balaban J connectivity index is 2.35. The van der Waals surface area contributed by atoms with E-state index >= 15 is 0 Å². The molecule has 1 rings (SSSR count). The largest absolute Gasteiger partial charge is 0.461 e. The molecule has 1 aromatic rings. The molecule has 0 heterocycles. The van der Waals surface area contributed by atoms with Gasteiger partial charge in [-0.25, -0.2) is 0 Å². The number of aryl methyl sites for hydroxylation is 1. The molecule has 20 heavy (non-hydrogen) atoms. The number of esters is 1. The average Bonchev–Trinajstić information content (AvgIpc) is 2.45. The van der Waals surface area contributed by atoms with Crippen molar-refractivity contribution in [3.05, 3.63) is 47.0 Å². The summed E-state index contributed by atoms with van der Waals surface area (Å²) in [6, 6.07) is 8.74. The third-order valence-corrected chi connectivity index (χ3v) is 3.49. The summed E-state index contributed by atoms with van der Waals surface area (Å²) in [6.07, 6.45) is 4.75. The van der Waals surface area contributed by atoms with E-state index in [1.165, 1.54) is 11.1 Å². The first kappa shape index (κ1) is 16.5. The van der Waals surface area contributed by atoms with Crippen molar-refractivity contribution in [1.82, 2.24) is 0 Å². The SMILES string of the molecule is CCC(=O)OC/C(C)=C/CC[C@H](C)c1ccc(C)cc1. The van der Waals surface area contributed by atoms with E-state index in [0.29, 0.717) is 18.9 Å². The van der Waals surface area contributed by atoms with Crippen LogP contribution in [-0.2, 0) is 9.53 Å². The summed E-state index contributed by atoms with van der Waals surface area (Å²) in [4.78, 5) is 11.1. The monoisotopic (exact) mass is 274 g/mol. The topological polar surface area (TPSA) is 26.3 Å². The Morgan fingerprint density at radius 1 is 1.30 bits per heavy atom. The highest BCUT2D eigenvalue weighted by atomic mass is 16.5. The molecule has 0 aliphatic heterocycles. The van der Waals surface area contributed by atoms with Gasteiger partial charge in [0.1, 0.15) is 6.61 Å². The number of hydrogen-bond donors (Lipinski definition) is 0. The van der Waals surface area contributed by atoms with Crippen molar-refractivity contribution in [2.45, 2.75) is 52.9 Å². The number of ether oxygens (including phenoxy) is 1. The molecule has 0 bridgehead atoms. The first-order chi connectivity index (χ1) is 9.52. The molecule has 0 radical (unpaired) electrons. The summed E-state index contributed by atoms with van der Waals surface area (Å²) in [7, 11) is 0. The molecule has 2 heteroatoms. The van der Waals surface area contributed by atoms with E-state index in [9.17, 15) is 4.79 Å². The minimum Gasteiger partial charge on any atom is -0.461 e. The summed E-state index contributed by atoms with van der Waals surface area (Å²) < 4.78 is 5.10. The van der Waals surface area contributed by atoms with Crippen molar-refractivity contribution < 1.29 is 9.53 Å². The molecule has 0 N–H and O–H groups in total. The van der Waals surface area contributed by atoms with Gasteiger partial charge in [0.15, 0.2) is 0 Å². The Hall–Kier alpha value is -1.57. The molecule has 0 unspecified atom stereocenters. The molecule has 0 saturated carbocycles. The molecule has 110 valence electrons. The number of carbonyl (C=O) groups is 1. The summed E-state index contributed by atoms with van der Waals surface area (Å²) in [6.45, 7) is 8.61. The van der Waals surface area contributed by atoms with Crippen LogP contribution in [0.1, 0.15) is 57.1 Å². The highest BCUT2D eigenvalue weighted by Gasteiger charge is 2.04. The molecule has 0 amide bonds. The van der Waals surface area contributed by atoms with Gasteiger partial charge in [0, 0.05) is 6.42 Å². The number of allylic oxidation sites excluding steroid dienone is 1. The van der Waals surface area contributed by atoms with Crippen LogP contribution in [0.15, 0.2) is 35.9 Å². The number of rotatable bonds is 7. The molecular weight excluding hydrogens is 248 g/mol. The van der Waals surface area contributed by atoms with E-state index < -0.39 is 0 Å². The highest BCUT2D eigenvalue weighted by Crippen LogP contribution is 2.21. The molecule has 0 fully saturated rings. The van der Waals surface area contributed by atoms with Crippen LogP contribution >= 0.6 is 0 Å². The van der Waals surface area contributed by atoms with Crippen molar-refractivity contribution in [3.8, 4) is 0 Å². The van der Waals surface area contributed by atoms with Crippen LogP contribution in [0, 0.1) is 6.92 Å². The Morgan fingerprint density at radius 2 is 1.95 bits per heavy atom. The maximum Gasteiger partial charge on any atom is 0.305 e. The van der Waals surface area contributed by atoms with Gasteiger partial charge < -0.3 is 4.74 Å². The summed E-state index contributed by atoms with van der Waals surface area (Å²) >= 11 is 0. The van der Waals surface area contributed by atoms with Crippen LogP contribution in [0.2, 0.25) is 0 Å². The summed E-state index contributed by atoms with van der Waals surface area (Å²) in [5, 5.41) is 0. The van der Waals surface area contributed by atoms with E-state index in [0.717, 1.165) is 18.4 Å². The van der Waals surface area contributed by atoms with Gasteiger partial charge in [0.25, 0.3) is 0 Å². The predicted octanol–water partition coefficient (Wildman–Crippen LogP) is 4.78. The fraction of sp³-hybridized carbons (Fsp3) is 0.500. The lowest BCUT2D eigenvalue weighted by Gasteiger charge is -2.11. The van der Waals surface area contributed by atoms with Gasteiger partial charge in [-0.05, 0) is 43.7 Å². The van der Waals surface area contributed by atoms with Crippen molar-refractivity contribution in [2.24, 2.45) is 0 Å². The van der Waals surface area contributed by atoms with Crippen LogP contribution < -0.4 is 0 Å². The number of benzene rings is 1. The molecule has 0 spiro atoms. The van der Waals surface area contributed by atoms with Crippen molar-refractivity contribution in [3.63, 3.8) is 0 Å². The van der Waals surface area contributed by atoms with E-state index in [-0.39, 0.29) is 5.97 Å². The Labute approximate surface area is 122 Å². The van der Waals surface area contributed by atoms with Crippen LogP contribution in [0.3, 0.4) is 0 Å². The second kappa shape index (κ2) is 8.57. The zero-order chi connectivity index (χ0) is 15.0. The van der Waals surface area contributed by atoms with Crippen molar-refractivity contribution >= 4 is 5.97 Å². The third kappa shape index (κ3) is 6.05. The lowest BCUT2D eigenvalue weighted by molar-refractivity contribution is -0.142. The van der Waals surface area contributed by atoms with Crippen molar-refractivity contribution in [2.75, 3.05) is 6.61 Å². The predicted molar refractivity (Wildman–Crippen MR) is 83.8 cm³/mol. The van der Waals surface area contributed by atoms with Gasteiger partial charge in [-0.3, -0.25) is 4.79 Å². The quantitative estimate of drug-likeness (QED) is 0.528. The lowest BCUT2D eigenvalue weighted by Crippen LogP contribution is -2.04. The zero-order valence-corrected chi connectivity index (χ0v) is 13.1. The molecule has 0 aromatic heterocycles. The Kier molecular flexibility index (Phi) is 7.06. The van der Waals surface area contributed by atoms with Crippen LogP contribution in [0.4, 0.5) is 0 Å². The van der Waals surface area contributed by atoms with Crippen molar-refractivity contribution in [1.29, 1.82) is 0 Å². The van der Waals surface area contributed by atoms with Crippen LogP contribution in [0.25, 0.3) is 0 Å². The first-order valence-corrected chi connectivity index (χ1v) is 7.40. The fourth-order valence-corrected chi connectivity index (χ4v) is 2.00. The van der Waals surface area contributed by atoms with Gasteiger partial charge in [0.2, 0.25) is 0 Å². The molecule has 0 aliphatic rings. The van der Waals surface area contributed by atoms with E-state index in [4.69, 9.17) is 4.74 Å². The lowest BCUT2D eigenvalue weighted by atomic mass is 9.95. The molecule has 1 aromatic carbocycles. The maximum atomic E-state index is 11.1. The zero-order valence-electron chi connectivity index (χ0n) is 13.1. The van der Waals surface area contributed by atoms with Crippen LogP contribution in [0.5, 0.6) is 0 Å². The van der Waals surface area contributed by atoms with Crippen LogP contribution in [-0.4, -0.2) is 12.6 Å². The minimum absolute atomic E-state index is 0.134. The molecule has 1 atom stereocenters. The Morgan fingerprint density at radius 3 is 2.55 bits per heavy atom. The second-order valence-electron chi connectivity index (χ2n) is 5.45. The number of hydrogen-bond acceptors (Lipinski definition) is 2. The van der Waals surface area contributed by atoms with Gasteiger partial charge in [0.05, 0.1) is 0 Å². The van der Waals surface area contributed by atoms with E-state index in [1.54, 1.807) is 0 Å². The fourth-order valence-electron chi connectivity index (χ4n) is 2.00. The minimum atomic E-state index is -0.134. The van der Waals surface area contributed by atoms with Gasteiger partial charge in [-0.2, -0.15) is 0 Å². The third-order valence-electron chi connectivity index (χ3n) is 3.49. The first-order valence-electron chi connectivity index (χ1n) is 7.40. The summed E-state index contributed by atoms with van der Waals surface area (Å²) in [5.41, 5.74) is 3.82. The van der Waals surface area contributed by atoms with Gasteiger partial charge in [-0.1, -0.05) is 49.8 Å². The molecule has 2 nitrogen and oxygen atoms in total. The van der Waals surface area contributed by atoms with E-state index in [1.807, 2.05) is 13.8 Å². The smallest absolute Gasteiger partial charge is 0.305 e. The number of carbonyl (C=O) groups excluding carboxylic acids is 1. The normalized spacial score (nSPS) is 13.1.